The van der Waals surface area contributed by atoms with E-state index >= 15 is 0 Å². The van der Waals surface area contributed by atoms with E-state index in [1.807, 2.05) is 0 Å². The van der Waals surface area contributed by atoms with Crippen molar-refractivity contribution in [1.82, 2.24) is 4.90 Å². The summed E-state index contributed by atoms with van der Waals surface area (Å²) in [6, 6.07) is 2.78. The van der Waals surface area contributed by atoms with Gasteiger partial charge in [0.1, 0.15) is 4.32 Å². The smallest absolute Gasteiger partial charge is 0.280 e. The van der Waals surface area contributed by atoms with Crippen LogP contribution >= 0.6 is 24.0 Å². The molecule has 0 unspecified atom stereocenters. The van der Waals surface area contributed by atoms with E-state index in [2.05, 4.69) is 0 Å². The molecule has 0 radical (unpaired) electrons. The summed E-state index contributed by atoms with van der Waals surface area (Å²) < 4.78 is 10.7. The van der Waals surface area contributed by atoms with Crippen LogP contribution in [0, 0.1) is 10.1 Å². The summed E-state index contributed by atoms with van der Waals surface area (Å²) in [5, 5.41) is 11.2. The summed E-state index contributed by atoms with van der Waals surface area (Å²) in [4.78, 5) is 24.3. The Morgan fingerprint density at radius 3 is 2.67 bits per heavy atom. The first-order valence-electron chi connectivity index (χ1n) is 5.77. The summed E-state index contributed by atoms with van der Waals surface area (Å²) in [6.45, 7) is 0.0208. The number of nitro benzene ring substituents is 1. The van der Waals surface area contributed by atoms with Crippen molar-refractivity contribution in [2.45, 2.75) is 0 Å². The minimum atomic E-state index is -0.527. The van der Waals surface area contributed by atoms with Gasteiger partial charge in [-0.15, -0.1) is 0 Å². The van der Waals surface area contributed by atoms with Crippen LogP contribution in [0.1, 0.15) is 5.56 Å². The summed E-state index contributed by atoms with van der Waals surface area (Å²) in [7, 11) is 1.56. The molecule has 7 nitrogen and oxygen atoms in total. The molecule has 0 aromatic heterocycles. The van der Waals surface area contributed by atoms with E-state index in [1.54, 1.807) is 7.05 Å². The topological polar surface area (TPSA) is 81.9 Å². The monoisotopic (exact) mass is 324 g/mol. The maximum absolute atomic E-state index is 12.0. The highest BCUT2D eigenvalue weighted by Crippen LogP contribution is 2.40. The molecule has 0 aliphatic carbocycles. The van der Waals surface area contributed by atoms with Crippen molar-refractivity contribution in [1.29, 1.82) is 0 Å². The number of hydrogen-bond donors (Lipinski definition) is 0. The van der Waals surface area contributed by atoms with Gasteiger partial charge in [-0.2, -0.15) is 0 Å². The van der Waals surface area contributed by atoms with Crippen LogP contribution in [0.15, 0.2) is 17.0 Å². The number of thioether (sulfide) groups is 1. The first-order chi connectivity index (χ1) is 9.97. The van der Waals surface area contributed by atoms with E-state index in [9.17, 15) is 14.9 Å². The Balaban J connectivity index is 2.08. The predicted octanol–water partition coefficient (Wildman–Crippen LogP) is 2.15. The molecule has 1 amide bonds. The van der Waals surface area contributed by atoms with Gasteiger partial charge in [0.25, 0.3) is 11.6 Å². The molecule has 1 aromatic carbocycles. The van der Waals surface area contributed by atoms with E-state index in [-0.39, 0.29) is 24.0 Å². The molecule has 21 heavy (non-hydrogen) atoms. The third-order valence-corrected chi connectivity index (χ3v) is 4.48. The van der Waals surface area contributed by atoms with Gasteiger partial charge in [-0.25, -0.2) is 0 Å². The van der Waals surface area contributed by atoms with Gasteiger partial charge in [0, 0.05) is 7.05 Å². The van der Waals surface area contributed by atoms with Gasteiger partial charge in [0.15, 0.2) is 11.5 Å². The van der Waals surface area contributed by atoms with Gasteiger partial charge in [0.2, 0.25) is 6.79 Å². The van der Waals surface area contributed by atoms with Gasteiger partial charge < -0.3 is 9.47 Å². The standard InChI is InChI=1S/C12H8N2O5S2/c1-13-11(15)10(21-12(13)20)3-6-2-8-9(19-5-18-8)4-7(6)14(16)17/h2-4H,5H2,1H3/b10-3-. The van der Waals surface area contributed by atoms with E-state index in [4.69, 9.17) is 21.7 Å². The number of ether oxygens (including phenoxy) is 2. The van der Waals surface area contributed by atoms with Gasteiger partial charge in [0.05, 0.1) is 21.5 Å². The number of amides is 1. The zero-order valence-electron chi connectivity index (χ0n) is 10.7. The fourth-order valence-corrected chi connectivity index (χ4v) is 3.08. The molecule has 0 N–H and O–H groups in total. The Morgan fingerprint density at radius 1 is 1.43 bits per heavy atom. The fourth-order valence-electron chi connectivity index (χ4n) is 1.91. The van der Waals surface area contributed by atoms with Crippen molar-refractivity contribution >= 4 is 46.0 Å². The Labute approximate surface area is 128 Å². The van der Waals surface area contributed by atoms with Crippen molar-refractivity contribution < 1.29 is 19.2 Å². The molecule has 1 saturated heterocycles. The number of nitrogens with zero attached hydrogens (tertiary/aromatic N) is 2. The number of carbonyl (C=O) groups is 1. The SMILES string of the molecule is CN1C(=O)/C(=C/c2cc3c(cc2[N+](=O)[O-])OCO3)SC1=S. The molecule has 1 fully saturated rings. The molecular formula is C12H8N2O5S2. The lowest BCUT2D eigenvalue weighted by Crippen LogP contribution is -2.22. The molecule has 9 heteroatoms. The van der Waals surface area contributed by atoms with Crippen LogP contribution in [0.25, 0.3) is 6.08 Å². The largest absolute Gasteiger partial charge is 0.454 e. The fraction of sp³-hybridized carbons (Fsp3) is 0.167. The van der Waals surface area contributed by atoms with Crippen LogP contribution in [-0.4, -0.2) is 33.9 Å². The lowest BCUT2D eigenvalue weighted by Gasteiger charge is -2.04. The molecule has 0 spiro atoms. The van der Waals surface area contributed by atoms with Gasteiger partial charge >= 0.3 is 0 Å². The van der Waals surface area contributed by atoms with Crippen LogP contribution in [0.4, 0.5) is 5.69 Å². The number of benzene rings is 1. The number of hydrogen-bond acceptors (Lipinski definition) is 7. The van der Waals surface area contributed by atoms with Crippen molar-refractivity contribution in [3.63, 3.8) is 0 Å². The Bertz CT molecular complexity index is 716. The molecule has 2 heterocycles. The Hall–Kier alpha value is -2.13. The van der Waals surface area contributed by atoms with E-state index in [1.165, 1.54) is 23.1 Å². The molecule has 0 atom stereocenters. The third-order valence-electron chi connectivity index (χ3n) is 2.99. The Morgan fingerprint density at radius 2 is 2.10 bits per heavy atom. The highest BCUT2D eigenvalue weighted by Gasteiger charge is 2.30. The minimum absolute atomic E-state index is 0.0208. The lowest BCUT2D eigenvalue weighted by atomic mass is 10.1. The average molecular weight is 324 g/mol. The minimum Gasteiger partial charge on any atom is -0.454 e. The first kappa shape index (κ1) is 13.8. The molecule has 3 rings (SSSR count). The predicted molar refractivity (Wildman–Crippen MR) is 80.2 cm³/mol. The van der Waals surface area contributed by atoms with Crippen LogP contribution < -0.4 is 9.47 Å². The zero-order chi connectivity index (χ0) is 15.1. The molecule has 2 aliphatic rings. The molecular weight excluding hydrogens is 316 g/mol. The maximum Gasteiger partial charge on any atom is 0.280 e. The molecule has 2 aliphatic heterocycles. The normalized spacial score (nSPS) is 18.7. The second kappa shape index (κ2) is 5.01. The second-order valence-electron chi connectivity index (χ2n) is 4.26. The molecule has 108 valence electrons. The van der Waals surface area contributed by atoms with Crippen LogP contribution in [0.3, 0.4) is 0 Å². The number of likely N-dealkylation sites (N-methyl/N-ethyl adjacent to an activating group) is 1. The quantitative estimate of drug-likeness (QED) is 0.357. The lowest BCUT2D eigenvalue weighted by molar-refractivity contribution is -0.385. The average Bonchev–Trinajstić information content (AvgIpc) is 2.98. The number of carbonyl (C=O) groups excluding carboxylic acids is 1. The molecule has 1 aromatic rings. The summed E-state index contributed by atoms with van der Waals surface area (Å²) in [5.74, 6) is 0.456. The maximum atomic E-state index is 12.0. The zero-order valence-corrected chi connectivity index (χ0v) is 12.3. The number of fused-ring (bicyclic) bond motifs is 1. The van der Waals surface area contributed by atoms with Crippen molar-refractivity contribution in [3.05, 3.63) is 32.7 Å². The summed E-state index contributed by atoms with van der Waals surface area (Å²) in [5.41, 5.74) is 0.124. The van der Waals surface area contributed by atoms with Crippen LogP contribution in [0.2, 0.25) is 0 Å². The highest BCUT2D eigenvalue weighted by atomic mass is 32.2. The van der Waals surface area contributed by atoms with E-state index in [0.717, 1.165) is 11.8 Å². The van der Waals surface area contributed by atoms with E-state index < -0.39 is 4.92 Å². The van der Waals surface area contributed by atoms with Crippen molar-refractivity contribution in [2.24, 2.45) is 0 Å². The third kappa shape index (κ3) is 2.34. The highest BCUT2D eigenvalue weighted by molar-refractivity contribution is 8.26. The van der Waals surface area contributed by atoms with Gasteiger partial charge in [-0.1, -0.05) is 24.0 Å². The van der Waals surface area contributed by atoms with Crippen molar-refractivity contribution in [3.8, 4) is 11.5 Å². The number of nitro groups is 1. The second-order valence-corrected chi connectivity index (χ2v) is 5.94. The van der Waals surface area contributed by atoms with Crippen LogP contribution in [-0.2, 0) is 4.79 Å². The number of thiocarbonyl (C=S) groups is 1. The summed E-state index contributed by atoms with van der Waals surface area (Å²) >= 11 is 6.13. The van der Waals surface area contributed by atoms with Crippen molar-refractivity contribution in [2.75, 3.05) is 13.8 Å². The number of rotatable bonds is 2. The Kier molecular flexibility index (Phi) is 3.30. The van der Waals surface area contributed by atoms with E-state index in [0.29, 0.717) is 20.7 Å². The van der Waals surface area contributed by atoms with Gasteiger partial charge in [-0.3, -0.25) is 19.8 Å². The molecule has 0 bridgehead atoms. The molecule has 0 saturated carbocycles. The van der Waals surface area contributed by atoms with Crippen LogP contribution in [0.5, 0.6) is 11.5 Å². The van der Waals surface area contributed by atoms with Gasteiger partial charge in [-0.05, 0) is 12.1 Å². The first-order valence-corrected chi connectivity index (χ1v) is 6.99. The summed E-state index contributed by atoms with van der Waals surface area (Å²) in [6.07, 6.45) is 1.45.